The molecule has 0 aromatic carbocycles. The second-order valence-electron chi connectivity index (χ2n) is 3.02. The van der Waals surface area contributed by atoms with Crippen LogP contribution in [0.2, 0.25) is 0 Å². The Morgan fingerprint density at radius 2 is 2.25 bits per heavy atom. The van der Waals surface area contributed by atoms with Crippen LogP contribution < -0.4 is 0 Å². The van der Waals surface area contributed by atoms with Crippen molar-refractivity contribution in [3.8, 4) is 0 Å². The van der Waals surface area contributed by atoms with Gasteiger partial charge in [0.25, 0.3) is 11.7 Å². The number of aromatic amines is 1. The van der Waals surface area contributed by atoms with Gasteiger partial charge < -0.3 is 9.64 Å². The van der Waals surface area contributed by atoms with E-state index in [1.54, 1.807) is 14.0 Å². The van der Waals surface area contributed by atoms with E-state index in [2.05, 4.69) is 20.6 Å². The summed E-state index contributed by atoms with van der Waals surface area (Å²) >= 11 is 0. The Balaban J connectivity index is 2.38. The van der Waals surface area contributed by atoms with Gasteiger partial charge in [-0.15, -0.1) is 10.2 Å². The van der Waals surface area contributed by atoms with Gasteiger partial charge in [0, 0.05) is 13.6 Å². The van der Waals surface area contributed by atoms with Crippen molar-refractivity contribution in [2.45, 2.75) is 13.3 Å². The molecule has 0 radical (unpaired) electrons. The van der Waals surface area contributed by atoms with Gasteiger partial charge in [0.2, 0.25) is 0 Å². The van der Waals surface area contributed by atoms with Gasteiger partial charge in [0.1, 0.15) is 0 Å². The van der Waals surface area contributed by atoms with Crippen LogP contribution in [-0.2, 0) is 9.53 Å². The zero-order chi connectivity index (χ0) is 12.0. The van der Waals surface area contributed by atoms with Crippen molar-refractivity contribution in [2.75, 3.05) is 20.2 Å². The van der Waals surface area contributed by atoms with E-state index in [1.165, 1.54) is 4.90 Å². The molecule has 0 bridgehead atoms. The van der Waals surface area contributed by atoms with Crippen molar-refractivity contribution in [3.63, 3.8) is 0 Å². The van der Waals surface area contributed by atoms with Gasteiger partial charge in [-0.05, 0) is 12.1 Å². The fourth-order valence-electron chi connectivity index (χ4n) is 1.02. The summed E-state index contributed by atoms with van der Waals surface area (Å²) in [6.45, 7) is 2.32. The lowest BCUT2D eigenvalue weighted by Crippen LogP contribution is -2.30. The molecule has 0 fully saturated rings. The molecule has 0 aliphatic rings. The minimum Gasteiger partial charge on any atom is -0.466 e. The molecule has 88 valence electrons. The van der Waals surface area contributed by atoms with Crippen LogP contribution in [-0.4, -0.2) is 57.6 Å². The number of ether oxygens (including phenoxy) is 1. The molecule has 1 aromatic heterocycles. The van der Waals surface area contributed by atoms with Crippen molar-refractivity contribution >= 4 is 11.9 Å². The topological polar surface area (TPSA) is 101 Å². The lowest BCUT2D eigenvalue weighted by molar-refractivity contribution is -0.143. The van der Waals surface area contributed by atoms with Crippen LogP contribution in [0.3, 0.4) is 0 Å². The van der Waals surface area contributed by atoms with Crippen LogP contribution in [0.5, 0.6) is 0 Å². The van der Waals surface area contributed by atoms with E-state index in [-0.39, 0.29) is 24.8 Å². The molecule has 0 aliphatic heterocycles. The quantitative estimate of drug-likeness (QED) is 0.662. The first-order valence-electron chi connectivity index (χ1n) is 4.79. The Kier molecular flexibility index (Phi) is 4.37. The Morgan fingerprint density at radius 3 is 2.81 bits per heavy atom. The SMILES string of the molecule is CCOC(=O)CCN(C)C(=O)c1nn[nH]n1. The third kappa shape index (κ3) is 3.30. The lowest BCUT2D eigenvalue weighted by Gasteiger charge is -2.13. The maximum Gasteiger partial charge on any atom is 0.307 e. The van der Waals surface area contributed by atoms with E-state index >= 15 is 0 Å². The average Bonchev–Trinajstić information content (AvgIpc) is 2.78. The molecule has 8 nitrogen and oxygen atoms in total. The standard InChI is InChI=1S/C8H13N5O3/c1-3-16-6(14)4-5-13(2)8(15)7-9-11-12-10-7/h3-5H2,1-2H3,(H,9,10,11,12). The van der Waals surface area contributed by atoms with Crippen molar-refractivity contribution < 1.29 is 14.3 Å². The summed E-state index contributed by atoms with van der Waals surface area (Å²) in [5.41, 5.74) is 0. The number of esters is 1. The molecule has 0 aliphatic carbocycles. The first-order chi connectivity index (χ1) is 7.65. The minimum atomic E-state index is -0.391. The maximum absolute atomic E-state index is 11.6. The van der Waals surface area contributed by atoms with E-state index < -0.39 is 5.91 Å². The zero-order valence-corrected chi connectivity index (χ0v) is 9.13. The predicted octanol–water partition coefficient (Wildman–Crippen LogP) is -0.775. The first-order valence-corrected chi connectivity index (χ1v) is 4.79. The zero-order valence-electron chi connectivity index (χ0n) is 9.13. The summed E-state index contributed by atoms with van der Waals surface area (Å²) in [5.74, 6) is -0.750. The minimum absolute atomic E-state index is 0.0219. The molecule has 1 amide bonds. The Hall–Kier alpha value is -1.99. The molecule has 1 aromatic rings. The monoisotopic (exact) mass is 227 g/mol. The predicted molar refractivity (Wildman–Crippen MR) is 52.4 cm³/mol. The Bertz CT molecular complexity index is 351. The van der Waals surface area contributed by atoms with Crippen LogP contribution in [0.15, 0.2) is 0 Å². The van der Waals surface area contributed by atoms with Crippen LogP contribution >= 0.6 is 0 Å². The molecule has 0 spiro atoms. The first kappa shape index (κ1) is 12.1. The van der Waals surface area contributed by atoms with Crippen molar-refractivity contribution in [2.24, 2.45) is 0 Å². The van der Waals surface area contributed by atoms with Crippen molar-refractivity contribution in [1.29, 1.82) is 0 Å². The number of rotatable bonds is 5. The van der Waals surface area contributed by atoms with Crippen LogP contribution in [0.1, 0.15) is 24.0 Å². The summed E-state index contributed by atoms with van der Waals surface area (Å²) in [6.07, 6.45) is 0.147. The molecule has 1 N–H and O–H groups in total. The number of aromatic nitrogens is 4. The van der Waals surface area contributed by atoms with E-state index in [9.17, 15) is 9.59 Å². The van der Waals surface area contributed by atoms with Gasteiger partial charge in [-0.3, -0.25) is 9.59 Å². The maximum atomic E-state index is 11.6. The molecular weight excluding hydrogens is 214 g/mol. The molecule has 16 heavy (non-hydrogen) atoms. The number of H-pyrrole nitrogens is 1. The number of carbonyl (C=O) groups excluding carboxylic acids is 2. The highest BCUT2D eigenvalue weighted by atomic mass is 16.5. The highest BCUT2D eigenvalue weighted by Gasteiger charge is 2.16. The molecule has 0 unspecified atom stereocenters. The van der Waals surface area contributed by atoms with Crippen LogP contribution in [0.4, 0.5) is 0 Å². The number of nitrogens with zero attached hydrogens (tertiary/aromatic N) is 4. The van der Waals surface area contributed by atoms with Gasteiger partial charge in [0.05, 0.1) is 13.0 Å². The number of nitrogens with one attached hydrogen (secondary N) is 1. The Morgan fingerprint density at radius 1 is 1.50 bits per heavy atom. The average molecular weight is 227 g/mol. The van der Waals surface area contributed by atoms with E-state index in [1.807, 2.05) is 0 Å². The summed E-state index contributed by atoms with van der Waals surface area (Å²) in [7, 11) is 1.55. The highest BCUT2D eigenvalue weighted by Crippen LogP contribution is 1.96. The summed E-state index contributed by atoms with van der Waals surface area (Å²) in [5, 5.41) is 12.5. The largest absolute Gasteiger partial charge is 0.466 e. The van der Waals surface area contributed by atoms with Gasteiger partial charge in [-0.1, -0.05) is 0 Å². The summed E-state index contributed by atoms with van der Waals surface area (Å²) in [6, 6.07) is 0. The van der Waals surface area contributed by atoms with Crippen molar-refractivity contribution in [1.82, 2.24) is 25.5 Å². The molecule has 1 rings (SSSR count). The smallest absolute Gasteiger partial charge is 0.307 e. The van der Waals surface area contributed by atoms with Crippen molar-refractivity contribution in [3.05, 3.63) is 5.82 Å². The van der Waals surface area contributed by atoms with Crippen LogP contribution in [0, 0.1) is 0 Å². The van der Waals surface area contributed by atoms with E-state index in [0.29, 0.717) is 6.61 Å². The molecule has 1 heterocycles. The van der Waals surface area contributed by atoms with E-state index in [4.69, 9.17) is 4.74 Å². The molecule has 0 atom stereocenters. The third-order valence-electron chi connectivity index (χ3n) is 1.84. The van der Waals surface area contributed by atoms with Gasteiger partial charge in [-0.2, -0.15) is 5.21 Å². The highest BCUT2D eigenvalue weighted by molar-refractivity contribution is 5.90. The molecule has 8 heteroatoms. The fourth-order valence-corrected chi connectivity index (χ4v) is 1.02. The van der Waals surface area contributed by atoms with Gasteiger partial charge in [0.15, 0.2) is 0 Å². The number of tetrazole rings is 1. The number of carbonyl (C=O) groups is 2. The number of hydrogen-bond acceptors (Lipinski definition) is 6. The normalized spacial score (nSPS) is 9.88. The summed E-state index contributed by atoms with van der Waals surface area (Å²) in [4.78, 5) is 23.9. The lowest BCUT2D eigenvalue weighted by atomic mass is 10.4. The number of amides is 1. The molecule has 0 saturated carbocycles. The second kappa shape index (κ2) is 5.79. The van der Waals surface area contributed by atoms with E-state index in [0.717, 1.165) is 0 Å². The Labute approximate surface area is 92.0 Å². The molecule has 0 saturated heterocycles. The van der Waals surface area contributed by atoms with Crippen LogP contribution in [0.25, 0.3) is 0 Å². The molecular formula is C8H13N5O3. The number of hydrogen-bond donors (Lipinski definition) is 1. The summed E-state index contributed by atoms with van der Waals surface area (Å²) < 4.78 is 4.74. The second-order valence-corrected chi connectivity index (χ2v) is 3.02. The van der Waals surface area contributed by atoms with Gasteiger partial charge >= 0.3 is 5.97 Å². The van der Waals surface area contributed by atoms with Gasteiger partial charge in [-0.25, -0.2) is 0 Å². The third-order valence-corrected chi connectivity index (χ3v) is 1.84. The fraction of sp³-hybridized carbons (Fsp3) is 0.625.